The summed E-state index contributed by atoms with van der Waals surface area (Å²) in [7, 11) is 0. The van der Waals surface area contributed by atoms with E-state index in [0.717, 1.165) is 0 Å². The quantitative estimate of drug-likeness (QED) is 0.458. The number of amides is 1. The van der Waals surface area contributed by atoms with Gasteiger partial charge in [-0.2, -0.15) is 10.1 Å². The molecule has 10 heteroatoms. The van der Waals surface area contributed by atoms with Crippen molar-refractivity contribution in [3.05, 3.63) is 76.2 Å². The lowest BCUT2D eigenvalue weighted by Gasteiger charge is -2.10. The second kappa shape index (κ2) is 8.74. The predicted octanol–water partition coefficient (Wildman–Crippen LogP) is 4.65. The molecule has 8 nitrogen and oxygen atoms in total. The van der Waals surface area contributed by atoms with Crippen LogP contribution in [0.15, 0.2) is 47.2 Å². The summed E-state index contributed by atoms with van der Waals surface area (Å²) in [5.74, 6) is 0.779. The Kier molecular flexibility index (Phi) is 5.99. The van der Waals surface area contributed by atoms with E-state index in [2.05, 4.69) is 25.5 Å². The third kappa shape index (κ3) is 4.78. The highest BCUT2D eigenvalue weighted by molar-refractivity contribution is 6.31. The van der Waals surface area contributed by atoms with Crippen molar-refractivity contribution in [3.8, 4) is 17.3 Å². The molecule has 33 heavy (non-hydrogen) atoms. The zero-order valence-corrected chi connectivity index (χ0v) is 19.3. The molecule has 1 amide bonds. The molecule has 4 rings (SSSR count). The summed E-state index contributed by atoms with van der Waals surface area (Å²) in [4.78, 5) is 21.5. The highest BCUT2D eigenvalue weighted by Gasteiger charge is 2.22. The van der Waals surface area contributed by atoms with Crippen LogP contribution in [0.5, 0.6) is 0 Å². The Hall–Kier alpha value is -3.59. The number of hydrogen-bond acceptors (Lipinski definition) is 6. The predicted molar refractivity (Wildman–Crippen MR) is 121 cm³/mol. The van der Waals surface area contributed by atoms with Gasteiger partial charge in [0.05, 0.1) is 23.0 Å². The van der Waals surface area contributed by atoms with E-state index in [1.807, 2.05) is 20.8 Å². The van der Waals surface area contributed by atoms with Crippen molar-refractivity contribution in [2.24, 2.45) is 0 Å². The molecule has 0 bridgehead atoms. The van der Waals surface area contributed by atoms with Crippen molar-refractivity contribution in [3.63, 3.8) is 0 Å². The SMILES string of the molecule is Cc1c(C(=O)NCc2ccc(F)cc2Cl)cnn1-c1ccc(-c2nc(C(C)(C)C)no2)cn1. The zero-order valence-electron chi connectivity index (χ0n) is 18.6. The first-order valence-corrected chi connectivity index (χ1v) is 10.6. The Morgan fingerprint density at radius 3 is 2.64 bits per heavy atom. The molecule has 0 atom stereocenters. The van der Waals surface area contributed by atoms with Crippen molar-refractivity contribution < 1.29 is 13.7 Å². The van der Waals surface area contributed by atoms with Gasteiger partial charge in [-0.1, -0.05) is 43.6 Å². The van der Waals surface area contributed by atoms with Crippen LogP contribution in [0.1, 0.15) is 48.2 Å². The Labute approximate surface area is 194 Å². The van der Waals surface area contributed by atoms with Gasteiger partial charge < -0.3 is 9.84 Å². The van der Waals surface area contributed by atoms with Gasteiger partial charge in [-0.25, -0.2) is 14.1 Å². The van der Waals surface area contributed by atoms with Gasteiger partial charge in [0.1, 0.15) is 5.82 Å². The molecular weight excluding hydrogens is 447 g/mol. The second-order valence-electron chi connectivity index (χ2n) is 8.55. The third-order valence-electron chi connectivity index (χ3n) is 5.02. The largest absolute Gasteiger partial charge is 0.348 e. The molecule has 170 valence electrons. The summed E-state index contributed by atoms with van der Waals surface area (Å²) >= 11 is 6.02. The molecule has 3 heterocycles. The van der Waals surface area contributed by atoms with Crippen LogP contribution in [-0.2, 0) is 12.0 Å². The molecule has 0 radical (unpaired) electrons. The fraction of sp³-hybridized carbons (Fsp3) is 0.261. The average molecular weight is 469 g/mol. The summed E-state index contributed by atoms with van der Waals surface area (Å²) < 4.78 is 20.1. The second-order valence-corrected chi connectivity index (χ2v) is 8.96. The monoisotopic (exact) mass is 468 g/mol. The molecule has 0 saturated carbocycles. The van der Waals surface area contributed by atoms with E-state index in [4.69, 9.17) is 16.1 Å². The maximum absolute atomic E-state index is 13.2. The standard InChI is InChI=1S/C23H22ClFN6O2/c1-13-17(20(32)27-10-14-5-7-16(25)9-18(14)24)12-28-31(13)19-8-6-15(11-26-19)21-29-22(30-33-21)23(2,3)4/h5-9,11-12H,10H2,1-4H3,(H,27,32). The first-order valence-electron chi connectivity index (χ1n) is 10.2. The number of nitrogens with zero attached hydrogens (tertiary/aromatic N) is 5. The van der Waals surface area contributed by atoms with Crippen LogP contribution >= 0.6 is 11.6 Å². The number of carbonyl (C=O) groups excluding carboxylic acids is 1. The molecule has 0 saturated heterocycles. The number of nitrogens with one attached hydrogen (secondary N) is 1. The summed E-state index contributed by atoms with van der Waals surface area (Å²) in [6.45, 7) is 7.95. The molecule has 0 fully saturated rings. The van der Waals surface area contributed by atoms with Crippen LogP contribution in [-0.4, -0.2) is 30.8 Å². The molecule has 0 aliphatic rings. The topological polar surface area (TPSA) is 98.7 Å². The Morgan fingerprint density at radius 1 is 1.21 bits per heavy atom. The van der Waals surface area contributed by atoms with Crippen LogP contribution in [0.2, 0.25) is 5.02 Å². The van der Waals surface area contributed by atoms with Crippen LogP contribution < -0.4 is 5.32 Å². The first kappa shape index (κ1) is 22.6. The van der Waals surface area contributed by atoms with Crippen molar-refractivity contribution >= 4 is 17.5 Å². The molecular formula is C23H22ClFN6O2. The minimum absolute atomic E-state index is 0.163. The lowest BCUT2D eigenvalue weighted by molar-refractivity contribution is 0.0950. The van der Waals surface area contributed by atoms with Gasteiger partial charge in [0.15, 0.2) is 11.6 Å². The number of hydrogen-bond donors (Lipinski definition) is 1. The summed E-state index contributed by atoms with van der Waals surface area (Å²) in [6.07, 6.45) is 3.09. The van der Waals surface area contributed by atoms with Crippen LogP contribution in [0.3, 0.4) is 0 Å². The summed E-state index contributed by atoms with van der Waals surface area (Å²) in [6, 6.07) is 7.60. The highest BCUT2D eigenvalue weighted by atomic mass is 35.5. The van der Waals surface area contributed by atoms with Gasteiger partial charge >= 0.3 is 0 Å². The minimum atomic E-state index is -0.431. The maximum atomic E-state index is 13.2. The van der Waals surface area contributed by atoms with Gasteiger partial charge in [-0.3, -0.25) is 4.79 Å². The molecule has 0 aliphatic heterocycles. The van der Waals surface area contributed by atoms with E-state index in [-0.39, 0.29) is 22.9 Å². The van der Waals surface area contributed by atoms with E-state index >= 15 is 0 Å². The van der Waals surface area contributed by atoms with E-state index in [0.29, 0.717) is 39.9 Å². The van der Waals surface area contributed by atoms with Crippen molar-refractivity contribution in [2.75, 3.05) is 0 Å². The van der Waals surface area contributed by atoms with Crippen molar-refractivity contribution in [1.82, 2.24) is 30.2 Å². The summed E-state index contributed by atoms with van der Waals surface area (Å²) in [5.41, 5.74) is 2.09. The van der Waals surface area contributed by atoms with Gasteiger partial charge in [0.25, 0.3) is 11.8 Å². The fourth-order valence-corrected chi connectivity index (χ4v) is 3.32. The molecule has 1 aromatic carbocycles. The van der Waals surface area contributed by atoms with E-state index < -0.39 is 5.82 Å². The smallest absolute Gasteiger partial charge is 0.259 e. The Balaban J connectivity index is 1.49. The van der Waals surface area contributed by atoms with Crippen LogP contribution in [0.4, 0.5) is 4.39 Å². The first-order chi connectivity index (χ1) is 15.6. The third-order valence-corrected chi connectivity index (χ3v) is 5.37. The number of benzene rings is 1. The van der Waals surface area contributed by atoms with Gasteiger partial charge in [-0.05, 0) is 36.8 Å². The van der Waals surface area contributed by atoms with E-state index in [1.54, 1.807) is 29.9 Å². The van der Waals surface area contributed by atoms with E-state index in [1.165, 1.54) is 24.4 Å². The normalized spacial score (nSPS) is 11.6. The Bertz CT molecular complexity index is 1310. The summed E-state index contributed by atoms with van der Waals surface area (Å²) in [5, 5.41) is 11.4. The number of halogens is 2. The fourth-order valence-electron chi connectivity index (χ4n) is 3.08. The molecule has 3 aromatic heterocycles. The minimum Gasteiger partial charge on any atom is -0.348 e. The Morgan fingerprint density at radius 2 is 2.00 bits per heavy atom. The zero-order chi connectivity index (χ0) is 23.8. The molecule has 0 spiro atoms. The number of pyridine rings is 1. The van der Waals surface area contributed by atoms with E-state index in [9.17, 15) is 9.18 Å². The highest BCUT2D eigenvalue weighted by Crippen LogP contribution is 2.24. The average Bonchev–Trinajstić information content (AvgIpc) is 3.40. The number of carbonyl (C=O) groups is 1. The molecule has 1 N–H and O–H groups in total. The lowest BCUT2D eigenvalue weighted by Crippen LogP contribution is -2.23. The van der Waals surface area contributed by atoms with Crippen molar-refractivity contribution in [2.45, 2.75) is 39.7 Å². The lowest BCUT2D eigenvalue weighted by atomic mass is 9.96. The van der Waals surface area contributed by atoms with Crippen LogP contribution in [0.25, 0.3) is 17.3 Å². The molecule has 0 unspecified atom stereocenters. The number of aromatic nitrogens is 5. The van der Waals surface area contributed by atoms with Crippen LogP contribution in [0, 0.1) is 12.7 Å². The van der Waals surface area contributed by atoms with Gasteiger partial charge in [0, 0.05) is 23.2 Å². The molecule has 4 aromatic rings. The van der Waals surface area contributed by atoms with Gasteiger partial charge in [-0.15, -0.1) is 0 Å². The molecule has 0 aliphatic carbocycles. The van der Waals surface area contributed by atoms with Gasteiger partial charge in [0.2, 0.25) is 0 Å². The number of rotatable bonds is 5. The maximum Gasteiger partial charge on any atom is 0.259 e. The van der Waals surface area contributed by atoms with Crippen molar-refractivity contribution in [1.29, 1.82) is 0 Å².